The largest absolute Gasteiger partial charge is 0.498 e. The summed E-state index contributed by atoms with van der Waals surface area (Å²) in [6, 6.07) is 10.2. The van der Waals surface area contributed by atoms with Crippen LogP contribution in [0.15, 0.2) is 62.4 Å². The number of ether oxygens (including phenoxy) is 1. The summed E-state index contributed by atoms with van der Waals surface area (Å²) in [5, 5.41) is 0. The van der Waals surface area contributed by atoms with E-state index in [1.54, 1.807) is 6.08 Å². The van der Waals surface area contributed by atoms with Gasteiger partial charge in [-0.2, -0.15) is 0 Å². The summed E-state index contributed by atoms with van der Waals surface area (Å²) in [4.78, 5) is 0. The molecule has 1 nitrogen and oxygen atoms in total. The van der Waals surface area contributed by atoms with Crippen LogP contribution in [0.5, 0.6) is 0 Å². The Balaban J connectivity index is 0.000000288. The average Bonchev–Trinajstić information content (AvgIpc) is 2.28. The minimum Gasteiger partial charge on any atom is -0.498 e. The first-order valence-electron chi connectivity index (χ1n) is 4.76. The molecule has 0 radical (unpaired) electrons. The minimum absolute atomic E-state index is 0.559. The van der Waals surface area contributed by atoms with Crippen LogP contribution in [-0.4, -0.2) is 6.61 Å². The van der Waals surface area contributed by atoms with Crippen LogP contribution in [0.25, 0.3) is 5.57 Å². The van der Waals surface area contributed by atoms with Crippen molar-refractivity contribution >= 4 is 5.57 Å². The molecule has 0 saturated carbocycles. The van der Waals surface area contributed by atoms with E-state index >= 15 is 0 Å². The lowest BCUT2D eigenvalue weighted by atomic mass is 10.1. The second-order valence-electron chi connectivity index (χ2n) is 2.94. The van der Waals surface area contributed by atoms with E-state index in [9.17, 15) is 0 Å². The third-order valence-electron chi connectivity index (χ3n) is 1.60. The lowest BCUT2D eigenvalue weighted by Crippen LogP contribution is -1.75. The fraction of sp³-hybridized carbons (Fsp3) is 0.143. The first kappa shape index (κ1) is 13.2. The van der Waals surface area contributed by atoms with E-state index in [4.69, 9.17) is 0 Å². The van der Waals surface area contributed by atoms with Gasteiger partial charge in [0.05, 0.1) is 6.26 Å². The smallest absolute Gasteiger partial charge is 0.105 e. The first-order chi connectivity index (χ1) is 7.22. The molecule has 0 unspecified atom stereocenters. The average molecular weight is 202 g/mol. The molecule has 0 aliphatic carbocycles. The lowest BCUT2D eigenvalue weighted by Gasteiger charge is -1.94. The van der Waals surface area contributed by atoms with Gasteiger partial charge in [-0.25, -0.2) is 0 Å². The molecule has 1 heteroatoms. The maximum atomic E-state index is 4.63. The van der Waals surface area contributed by atoms with Crippen molar-refractivity contribution in [3.63, 3.8) is 0 Å². The van der Waals surface area contributed by atoms with Gasteiger partial charge in [0.25, 0.3) is 0 Å². The van der Waals surface area contributed by atoms with E-state index in [0.717, 1.165) is 5.57 Å². The molecule has 1 aromatic rings. The van der Waals surface area contributed by atoms with Crippen molar-refractivity contribution in [3.8, 4) is 0 Å². The Hall–Kier alpha value is -1.76. The van der Waals surface area contributed by atoms with Crippen LogP contribution in [-0.2, 0) is 4.74 Å². The second kappa shape index (κ2) is 8.82. The van der Waals surface area contributed by atoms with Gasteiger partial charge in [-0.1, -0.05) is 61.7 Å². The van der Waals surface area contributed by atoms with Crippen molar-refractivity contribution in [2.24, 2.45) is 0 Å². The molecule has 0 fully saturated rings. The normalized spacial score (nSPS) is 8.07. The van der Waals surface area contributed by atoms with E-state index in [0.29, 0.717) is 6.61 Å². The highest BCUT2D eigenvalue weighted by Crippen LogP contribution is 2.08. The van der Waals surface area contributed by atoms with Gasteiger partial charge in [0.2, 0.25) is 0 Å². The molecule has 0 bridgehead atoms. The maximum absolute atomic E-state index is 4.63. The molecule has 0 spiro atoms. The standard InChI is InChI=1S/C9H10.C5H8O/c1-8(2)9-6-4-3-5-7-9;1-3-5-6-4-2/h3-7H,1H2,2H3;3-4H,1-2,5H2. The zero-order valence-corrected chi connectivity index (χ0v) is 9.28. The topological polar surface area (TPSA) is 9.23 Å². The molecule has 0 N–H and O–H groups in total. The first-order valence-corrected chi connectivity index (χ1v) is 4.76. The number of allylic oxidation sites excluding steroid dienone is 1. The molecular formula is C14H18O. The summed E-state index contributed by atoms with van der Waals surface area (Å²) < 4.78 is 4.63. The predicted octanol–water partition coefficient (Wildman–Crippen LogP) is 4.05. The van der Waals surface area contributed by atoms with E-state index in [1.807, 2.05) is 25.1 Å². The van der Waals surface area contributed by atoms with Gasteiger partial charge in [-0.3, -0.25) is 0 Å². The quantitative estimate of drug-likeness (QED) is 0.406. The van der Waals surface area contributed by atoms with Crippen LogP contribution in [0.1, 0.15) is 12.5 Å². The van der Waals surface area contributed by atoms with Gasteiger partial charge < -0.3 is 4.74 Å². The Morgan fingerprint density at radius 3 is 2.13 bits per heavy atom. The van der Waals surface area contributed by atoms with Crippen LogP contribution in [0.4, 0.5) is 0 Å². The van der Waals surface area contributed by atoms with Gasteiger partial charge in [-0.15, -0.1) is 0 Å². The molecule has 1 rings (SSSR count). The summed E-state index contributed by atoms with van der Waals surface area (Å²) in [6.45, 7) is 13.1. The number of rotatable bonds is 4. The van der Waals surface area contributed by atoms with Crippen molar-refractivity contribution in [2.75, 3.05) is 6.61 Å². The zero-order valence-electron chi connectivity index (χ0n) is 9.28. The zero-order chi connectivity index (χ0) is 11.5. The number of hydrogen-bond acceptors (Lipinski definition) is 1. The third kappa shape index (κ3) is 7.32. The van der Waals surface area contributed by atoms with E-state index in [-0.39, 0.29) is 0 Å². The molecule has 1 aromatic carbocycles. The van der Waals surface area contributed by atoms with Crippen LogP contribution in [0, 0.1) is 0 Å². The maximum Gasteiger partial charge on any atom is 0.105 e. The van der Waals surface area contributed by atoms with Crippen molar-refractivity contribution in [3.05, 3.63) is 68.0 Å². The Bertz CT molecular complexity index is 290. The summed E-state index contributed by atoms with van der Waals surface area (Å²) >= 11 is 0. The SMILES string of the molecule is C=C(C)c1ccccc1.C=CCOC=C. The van der Waals surface area contributed by atoms with E-state index < -0.39 is 0 Å². The van der Waals surface area contributed by atoms with E-state index in [2.05, 4.69) is 36.6 Å². The predicted molar refractivity (Wildman–Crippen MR) is 67.5 cm³/mol. The summed E-state index contributed by atoms with van der Waals surface area (Å²) in [5.74, 6) is 0. The minimum atomic E-state index is 0.559. The van der Waals surface area contributed by atoms with Crippen molar-refractivity contribution < 1.29 is 4.74 Å². The fourth-order valence-corrected chi connectivity index (χ4v) is 0.859. The molecule has 0 aromatic heterocycles. The molecular weight excluding hydrogens is 184 g/mol. The van der Waals surface area contributed by atoms with Crippen molar-refractivity contribution in [1.29, 1.82) is 0 Å². The molecule has 15 heavy (non-hydrogen) atoms. The third-order valence-corrected chi connectivity index (χ3v) is 1.60. The van der Waals surface area contributed by atoms with E-state index in [1.165, 1.54) is 11.8 Å². The summed E-state index contributed by atoms with van der Waals surface area (Å²) in [5.41, 5.74) is 2.34. The molecule has 80 valence electrons. The molecule has 0 aliphatic rings. The number of benzene rings is 1. The van der Waals surface area contributed by atoms with Crippen LogP contribution in [0.2, 0.25) is 0 Å². The van der Waals surface area contributed by atoms with Gasteiger partial charge in [-0.05, 0) is 12.5 Å². The van der Waals surface area contributed by atoms with Gasteiger partial charge in [0, 0.05) is 0 Å². The monoisotopic (exact) mass is 202 g/mol. The van der Waals surface area contributed by atoms with Crippen LogP contribution in [0.3, 0.4) is 0 Å². The Morgan fingerprint density at radius 1 is 1.27 bits per heavy atom. The Labute approximate surface area is 92.4 Å². The van der Waals surface area contributed by atoms with Gasteiger partial charge >= 0.3 is 0 Å². The summed E-state index contributed by atoms with van der Waals surface area (Å²) in [6.07, 6.45) is 3.06. The van der Waals surface area contributed by atoms with Crippen molar-refractivity contribution in [2.45, 2.75) is 6.92 Å². The highest BCUT2D eigenvalue weighted by Gasteiger charge is 1.86. The second-order valence-corrected chi connectivity index (χ2v) is 2.94. The lowest BCUT2D eigenvalue weighted by molar-refractivity contribution is 0.291. The summed E-state index contributed by atoms with van der Waals surface area (Å²) in [7, 11) is 0. The molecule has 0 atom stereocenters. The Morgan fingerprint density at radius 2 is 1.87 bits per heavy atom. The molecule has 0 amide bonds. The molecule has 0 saturated heterocycles. The molecule has 0 heterocycles. The highest BCUT2D eigenvalue weighted by atomic mass is 16.5. The van der Waals surface area contributed by atoms with Gasteiger partial charge in [0.15, 0.2) is 0 Å². The highest BCUT2D eigenvalue weighted by molar-refractivity contribution is 5.60. The fourth-order valence-electron chi connectivity index (χ4n) is 0.859. The molecule has 0 aliphatic heterocycles. The Kier molecular flexibility index (Phi) is 7.79. The van der Waals surface area contributed by atoms with Crippen LogP contribution >= 0.6 is 0 Å². The van der Waals surface area contributed by atoms with Crippen LogP contribution < -0.4 is 0 Å². The van der Waals surface area contributed by atoms with Crippen molar-refractivity contribution in [1.82, 2.24) is 0 Å². The number of hydrogen-bond donors (Lipinski definition) is 0. The van der Waals surface area contributed by atoms with Gasteiger partial charge in [0.1, 0.15) is 6.61 Å².